The van der Waals surface area contributed by atoms with Crippen molar-refractivity contribution in [1.82, 2.24) is 15.1 Å². The molecule has 1 heterocycles. The molecule has 0 saturated carbocycles. The summed E-state index contributed by atoms with van der Waals surface area (Å²) in [6, 6.07) is 5.65. The average molecular weight is 563 g/mol. The summed E-state index contributed by atoms with van der Waals surface area (Å²) in [6.45, 7) is 12.9. The Morgan fingerprint density at radius 1 is 1.09 bits per heavy atom. The van der Waals surface area contributed by atoms with Crippen LogP contribution in [0.1, 0.15) is 27.7 Å². The van der Waals surface area contributed by atoms with E-state index in [0.29, 0.717) is 37.1 Å². The Hall–Kier alpha value is -1.95. The smallest absolute Gasteiger partial charge is 0.410 e. The number of halogens is 1. The van der Waals surface area contributed by atoms with Gasteiger partial charge in [-0.3, -0.25) is 9.89 Å². The zero-order valence-corrected chi connectivity index (χ0v) is 22.4. The fourth-order valence-corrected chi connectivity index (χ4v) is 3.14. The van der Waals surface area contributed by atoms with Crippen molar-refractivity contribution in [2.45, 2.75) is 33.3 Å². The number of nitrogens with one attached hydrogen (secondary N) is 2. The summed E-state index contributed by atoms with van der Waals surface area (Å²) in [6.07, 6.45) is -0.237. The lowest BCUT2D eigenvalue weighted by molar-refractivity contribution is 0.0148. The number of carbonyl (C=O) groups excluding carboxylic acids is 1. The Morgan fingerprint density at radius 2 is 1.75 bits per heavy atom. The Bertz CT molecular complexity index is 746. The van der Waals surface area contributed by atoms with Crippen LogP contribution in [0.15, 0.2) is 23.2 Å². The zero-order chi connectivity index (χ0) is 22.9. The first-order valence-corrected chi connectivity index (χ1v) is 10.7. The normalized spacial score (nSPS) is 14.9. The van der Waals surface area contributed by atoms with Gasteiger partial charge in [0, 0.05) is 51.0 Å². The fourth-order valence-electron chi connectivity index (χ4n) is 3.14. The van der Waals surface area contributed by atoms with Crippen LogP contribution < -0.4 is 20.1 Å². The van der Waals surface area contributed by atoms with E-state index in [2.05, 4.69) is 20.5 Å². The summed E-state index contributed by atoms with van der Waals surface area (Å²) < 4.78 is 16.1. The Labute approximate surface area is 208 Å². The van der Waals surface area contributed by atoms with E-state index < -0.39 is 5.60 Å². The molecular formula is C22H38IN5O4. The molecule has 2 N–H and O–H groups in total. The van der Waals surface area contributed by atoms with Gasteiger partial charge in [-0.05, 0) is 39.8 Å². The molecule has 32 heavy (non-hydrogen) atoms. The summed E-state index contributed by atoms with van der Waals surface area (Å²) in [5, 5.41) is 6.56. The largest absolute Gasteiger partial charge is 0.493 e. The number of aliphatic imine (C=N–C) groups is 1. The summed E-state index contributed by atoms with van der Waals surface area (Å²) in [5.74, 6) is 2.05. The molecule has 1 aromatic rings. The molecule has 9 nitrogen and oxygen atoms in total. The number of benzene rings is 1. The molecule has 0 atom stereocenters. The van der Waals surface area contributed by atoms with Crippen LogP contribution in [0, 0.1) is 0 Å². The molecule has 1 fully saturated rings. The molecule has 0 bridgehead atoms. The predicted molar refractivity (Wildman–Crippen MR) is 139 cm³/mol. The first-order chi connectivity index (χ1) is 14.8. The van der Waals surface area contributed by atoms with Gasteiger partial charge in [0.15, 0.2) is 17.5 Å². The molecule has 0 radical (unpaired) electrons. The first kappa shape index (κ1) is 28.1. The van der Waals surface area contributed by atoms with Crippen molar-refractivity contribution in [3.8, 4) is 11.5 Å². The molecule has 1 amide bonds. The highest BCUT2D eigenvalue weighted by Gasteiger charge is 2.25. The van der Waals surface area contributed by atoms with Crippen molar-refractivity contribution in [3.63, 3.8) is 0 Å². The Kier molecular flexibility index (Phi) is 11.9. The van der Waals surface area contributed by atoms with Crippen LogP contribution in [0.4, 0.5) is 10.5 Å². The highest BCUT2D eigenvalue weighted by molar-refractivity contribution is 14.0. The predicted octanol–water partition coefficient (Wildman–Crippen LogP) is 3.25. The van der Waals surface area contributed by atoms with E-state index in [4.69, 9.17) is 14.2 Å². The fraction of sp³-hybridized carbons (Fsp3) is 0.636. The number of hydrogen-bond donors (Lipinski definition) is 2. The molecule has 1 saturated heterocycles. The molecule has 0 unspecified atom stereocenters. The van der Waals surface area contributed by atoms with Gasteiger partial charge in [-0.1, -0.05) is 0 Å². The molecule has 1 aliphatic heterocycles. The van der Waals surface area contributed by atoms with E-state index in [9.17, 15) is 4.79 Å². The standard InChI is InChI=1S/C22H37N5O4.HI/c1-7-23-20(25-17-8-9-18(29-5)19(16-17)30-6)24-10-11-26-12-14-27(15-13-26)21(28)31-22(2,3)4;/h8-9,16H,7,10-15H2,1-6H3,(H2,23,24,25);1H. The lowest BCUT2D eigenvalue weighted by atomic mass is 10.2. The quantitative estimate of drug-likeness (QED) is 0.299. The van der Waals surface area contributed by atoms with Crippen molar-refractivity contribution in [1.29, 1.82) is 0 Å². The van der Waals surface area contributed by atoms with Gasteiger partial charge in [0.1, 0.15) is 5.60 Å². The lowest BCUT2D eigenvalue weighted by Crippen LogP contribution is -2.50. The van der Waals surface area contributed by atoms with Crippen LogP contribution in [0.5, 0.6) is 11.5 Å². The molecule has 182 valence electrons. The summed E-state index contributed by atoms with van der Waals surface area (Å²) in [5.41, 5.74) is 0.398. The Morgan fingerprint density at radius 3 is 2.31 bits per heavy atom. The SMILES string of the molecule is CCNC(=NCCN1CCN(C(=O)OC(C)(C)C)CC1)Nc1ccc(OC)c(OC)c1.I. The molecule has 2 rings (SSSR count). The molecule has 0 aromatic heterocycles. The number of anilines is 1. The van der Waals surface area contributed by atoms with Gasteiger partial charge < -0.3 is 29.7 Å². The third kappa shape index (κ3) is 9.27. The highest BCUT2D eigenvalue weighted by Crippen LogP contribution is 2.29. The monoisotopic (exact) mass is 563 g/mol. The van der Waals surface area contributed by atoms with E-state index in [0.717, 1.165) is 31.9 Å². The molecular weight excluding hydrogens is 525 g/mol. The van der Waals surface area contributed by atoms with Crippen LogP contribution in [-0.4, -0.2) is 87.5 Å². The second kappa shape index (κ2) is 13.6. The summed E-state index contributed by atoms with van der Waals surface area (Å²) in [7, 11) is 3.23. The van der Waals surface area contributed by atoms with E-state index in [-0.39, 0.29) is 30.1 Å². The minimum atomic E-state index is -0.466. The maximum atomic E-state index is 12.2. The summed E-state index contributed by atoms with van der Waals surface area (Å²) in [4.78, 5) is 20.9. The van der Waals surface area contributed by atoms with Crippen molar-refractivity contribution in [3.05, 3.63) is 18.2 Å². The van der Waals surface area contributed by atoms with Gasteiger partial charge in [-0.15, -0.1) is 24.0 Å². The number of methoxy groups -OCH3 is 2. The van der Waals surface area contributed by atoms with Gasteiger partial charge in [0.25, 0.3) is 0 Å². The van der Waals surface area contributed by atoms with E-state index in [1.165, 1.54) is 0 Å². The topological polar surface area (TPSA) is 87.7 Å². The maximum absolute atomic E-state index is 12.2. The number of hydrogen-bond acceptors (Lipinski definition) is 6. The van der Waals surface area contributed by atoms with Crippen molar-refractivity contribution >= 4 is 41.7 Å². The number of piperazine rings is 1. The minimum absolute atomic E-state index is 0. The van der Waals surface area contributed by atoms with Gasteiger partial charge in [-0.2, -0.15) is 0 Å². The second-order valence-electron chi connectivity index (χ2n) is 8.26. The second-order valence-corrected chi connectivity index (χ2v) is 8.26. The van der Waals surface area contributed by atoms with Gasteiger partial charge >= 0.3 is 6.09 Å². The van der Waals surface area contributed by atoms with E-state index >= 15 is 0 Å². The molecule has 0 aliphatic carbocycles. The minimum Gasteiger partial charge on any atom is -0.493 e. The zero-order valence-electron chi connectivity index (χ0n) is 20.1. The van der Waals surface area contributed by atoms with Crippen molar-refractivity contribution in [2.75, 3.05) is 65.3 Å². The number of amides is 1. The number of nitrogens with zero attached hydrogens (tertiary/aromatic N) is 3. The average Bonchev–Trinajstić information content (AvgIpc) is 2.73. The molecule has 10 heteroatoms. The number of carbonyl (C=O) groups is 1. The van der Waals surface area contributed by atoms with Crippen molar-refractivity contribution in [2.24, 2.45) is 4.99 Å². The van der Waals surface area contributed by atoms with Crippen LogP contribution in [-0.2, 0) is 4.74 Å². The Balaban J connectivity index is 0.00000512. The van der Waals surface area contributed by atoms with Gasteiger partial charge in [-0.25, -0.2) is 4.79 Å². The molecule has 1 aromatic carbocycles. The van der Waals surface area contributed by atoms with Crippen LogP contribution in [0.2, 0.25) is 0 Å². The van der Waals surface area contributed by atoms with E-state index in [1.54, 1.807) is 19.1 Å². The van der Waals surface area contributed by atoms with Crippen molar-refractivity contribution < 1.29 is 19.0 Å². The highest BCUT2D eigenvalue weighted by atomic mass is 127. The number of rotatable bonds is 7. The van der Waals surface area contributed by atoms with Crippen LogP contribution in [0.25, 0.3) is 0 Å². The maximum Gasteiger partial charge on any atom is 0.410 e. The lowest BCUT2D eigenvalue weighted by Gasteiger charge is -2.35. The first-order valence-electron chi connectivity index (χ1n) is 10.7. The molecule has 0 spiro atoms. The van der Waals surface area contributed by atoms with Crippen LogP contribution >= 0.6 is 24.0 Å². The third-order valence-electron chi connectivity index (χ3n) is 4.70. The van der Waals surface area contributed by atoms with E-state index in [1.807, 2.05) is 45.9 Å². The third-order valence-corrected chi connectivity index (χ3v) is 4.70. The van der Waals surface area contributed by atoms with Gasteiger partial charge in [0.05, 0.1) is 20.8 Å². The van der Waals surface area contributed by atoms with Crippen LogP contribution in [0.3, 0.4) is 0 Å². The van der Waals surface area contributed by atoms with Gasteiger partial charge in [0.2, 0.25) is 0 Å². The number of guanidine groups is 1. The molecule has 1 aliphatic rings. The summed E-state index contributed by atoms with van der Waals surface area (Å²) >= 11 is 0. The number of ether oxygens (including phenoxy) is 3.